The Bertz CT molecular complexity index is 1210. The van der Waals surface area contributed by atoms with E-state index in [1.165, 1.54) is 0 Å². The number of nitrogens with one attached hydrogen (secondary N) is 1. The van der Waals surface area contributed by atoms with Gasteiger partial charge in [0.05, 0.1) is 23.8 Å². The zero-order valence-electron chi connectivity index (χ0n) is 15.7. The maximum atomic E-state index is 12.6. The van der Waals surface area contributed by atoms with Crippen LogP contribution in [0.5, 0.6) is 0 Å². The van der Waals surface area contributed by atoms with Gasteiger partial charge in [-0.1, -0.05) is 30.3 Å². The molecule has 2 heterocycles. The van der Waals surface area contributed by atoms with Crippen LogP contribution in [-0.2, 0) is 4.74 Å². The van der Waals surface area contributed by atoms with Crippen LogP contribution in [0.25, 0.3) is 27.9 Å². The van der Waals surface area contributed by atoms with Gasteiger partial charge in [-0.3, -0.25) is 14.0 Å². The van der Waals surface area contributed by atoms with Crippen LogP contribution in [0.1, 0.15) is 10.4 Å². The topological polar surface area (TPSA) is 79.7 Å². The number of carbonyl (C=O) groups excluding carboxylic acids is 1. The molecule has 7 heteroatoms. The molecule has 1 amide bonds. The summed E-state index contributed by atoms with van der Waals surface area (Å²) < 4.78 is 6.85. The largest absolute Gasteiger partial charge is 0.383 e. The molecule has 0 spiro atoms. The third kappa shape index (κ3) is 3.05. The van der Waals surface area contributed by atoms with Crippen molar-refractivity contribution in [1.29, 1.82) is 0 Å². The summed E-state index contributed by atoms with van der Waals surface area (Å²) in [6, 6.07) is 15.0. The van der Waals surface area contributed by atoms with E-state index in [1.54, 1.807) is 37.4 Å². The summed E-state index contributed by atoms with van der Waals surface area (Å²) in [7, 11) is 3.32. The maximum Gasteiger partial charge on any atom is 0.274 e. The van der Waals surface area contributed by atoms with E-state index in [0.717, 1.165) is 11.1 Å². The van der Waals surface area contributed by atoms with E-state index in [0.29, 0.717) is 35.6 Å². The first-order valence-corrected chi connectivity index (χ1v) is 8.93. The molecule has 0 saturated heterocycles. The number of methoxy groups -OCH3 is 1. The van der Waals surface area contributed by atoms with Crippen LogP contribution >= 0.6 is 0 Å². The fourth-order valence-corrected chi connectivity index (χ4v) is 3.25. The van der Waals surface area contributed by atoms with Gasteiger partial charge in [-0.05, 0) is 18.2 Å². The van der Waals surface area contributed by atoms with E-state index in [9.17, 15) is 9.59 Å². The van der Waals surface area contributed by atoms with Crippen molar-refractivity contribution in [1.82, 2.24) is 19.3 Å². The molecule has 2 aromatic heterocycles. The van der Waals surface area contributed by atoms with Gasteiger partial charge in [0.15, 0.2) is 0 Å². The summed E-state index contributed by atoms with van der Waals surface area (Å²) in [4.78, 5) is 34.1. The fraction of sp³-hybridized carbons (Fsp3) is 0.190. The van der Waals surface area contributed by atoms with Crippen molar-refractivity contribution in [2.75, 3.05) is 27.3 Å². The van der Waals surface area contributed by atoms with Crippen molar-refractivity contribution in [2.45, 2.75) is 0 Å². The standard InChI is InChI=1S/C21H20N4O3/c1-24(10-11-28-2)21(27)15-8-9-17-16(12-15)23-20(26)18-13-22-19(25(17)18)14-6-4-3-5-7-14/h3-9,12-13H,10-11H2,1-2H3,(H,23,26). The molecule has 0 saturated carbocycles. The molecule has 0 aliphatic carbocycles. The molecule has 28 heavy (non-hydrogen) atoms. The summed E-state index contributed by atoms with van der Waals surface area (Å²) in [6.07, 6.45) is 1.57. The minimum absolute atomic E-state index is 0.131. The van der Waals surface area contributed by atoms with Gasteiger partial charge in [-0.2, -0.15) is 0 Å². The predicted molar refractivity (Wildman–Crippen MR) is 108 cm³/mol. The van der Waals surface area contributed by atoms with Crippen LogP contribution in [0.15, 0.2) is 59.5 Å². The lowest BCUT2D eigenvalue weighted by molar-refractivity contribution is 0.0744. The van der Waals surface area contributed by atoms with Gasteiger partial charge in [-0.25, -0.2) is 4.98 Å². The van der Waals surface area contributed by atoms with Gasteiger partial charge in [0.1, 0.15) is 11.3 Å². The number of fused-ring (bicyclic) bond motifs is 3. The Morgan fingerprint density at radius 3 is 2.71 bits per heavy atom. The number of aromatic nitrogens is 3. The molecule has 7 nitrogen and oxygen atoms in total. The van der Waals surface area contributed by atoms with Gasteiger partial charge < -0.3 is 14.6 Å². The smallest absolute Gasteiger partial charge is 0.274 e. The molecule has 0 atom stereocenters. The van der Waals surface area contributed by atoms with Crippen LogP contribution < -0.4 is 5.56 Å². The number of hydrogen-bond acceptors (Lipinski definition) is 4. The van der Waals surface area contributed by atoms with Crippen molar-refractivity contribution in [3.05, 3.63) is 70.6 Å². The second-order valence-electron chi connectivity index (χ2n) is 6.57. The molecule has 0 aliphatic rings. The average molecular weight is 376 g/mol. The van der Waals surface area contributed by atoms with E-state index in [1.807, 2.05) is 40.8 Å². The van der Waals surface area contributed by atoms with Crippen LogP contribution in [0.4, 0.5) is 0 Å². The highest BCUT2D eigenvalue weighted by atomic mass is 16.5. The Kier molecular flexibility index (Phi) is 4.67. The Morgan fingerprint density at radius 1 is 1.18 bits per heavy atom. The predicted octanol–water partition coefficient (Wildman–Crippen LogP) is 2.56. The number of benzene rings is 2. The second kappa shape index (κ2) is 7.28. The number of H-pyrrole nitrogens is 1. The van der Waals surface area contributed by atoms with E-state index < -0.39 is 0 Å². The van der Waals surface area contributed by atoms with Gasteiger partial charge in [0.25, 0.3) is 11.5 Å². The van der Waals surface area contributed by atoms with Crippen molar-refractivity contribution in [3.63, 3.8) is 0 Å². The Hall–Kier alpha value is -3.45. The van der Waals surface area contributed by atoms with E-state index in [-0.39, 0.29) is 11.5 Å². The van der Waals surface area contributed by atoms with E-state index in [4.69, 9.17) is 4.74 Å². The van der Waals surface area contributed by atoms with Gasteiger partial charge in [-0.15, -0.1) is 0 Å². The molecule has 0 radical (unpaired) electrons. The molecule has 142 valence electrons. The lowest BCUT2D eigenvalue weighted by Crippen LogP contribution is -2.30. The lowest BCUT2D eigenvalue weighted by Gasteiger charge is -2.17. The molecule has 0 unspecified atom stereocenters. The molecule has 0 fully saturated rings. The normalized spacial score (nSPS) is 11.2. The third-order valence-corrected chi connectivity index (χ3v) is 4.74. The zero-order valence-corrected chi connectivity index (χ0v) is 15.7. The van der Waals surface area contributed by atoms with E-state index >= 15 is 0 Å². The van der Waals surface area contributed by atoms with Crippen molar-refractivity contribution in [3.8, 4) is 11.4 Å². The number of hydrogen-bond donors (Lipinski definition) is 1. The molecule has 1 N–H and O–H groups in total. The molecule has 2 aromatic carbocycles. The van der Waals surface area contributed by atoms with Gasteiger partial charge in [0, 0.05) is 31.8 Å². The first kappa shape index (κ1) is 17.9. The molecule has 4 aromatic rings. The summed E-state index contributed by atoms with van der Waals surface area (Å²) in [6.45, 7) is 0.950. The minimum Gasteiger partial charge on any atom is -0.383 e. The van der Waals surface area contributed by atoms with Crippen LogP contribution in [0.3, 0.4) is 0 Å². The SMILES string of the molecule is COCCN(C)C(=O)c1ccc2c(c1)[nH]c(=O)c1cnc(-c3ccccc3)n12. The average Bonchev–Trinajstić information content (AvgIpc) is 3.18. The number of imidazole rings is 1. The second-order valence-corrected chi connectivity index (χ2v) is 6.57. The summed E-state index contributed by atoms with van der Waals surface area (Å²) in [5.74, 6) is 0.553. The molecule has 0 aliphatic heterocycles. The number of nitrogens with zero attached hydrogens (tertiary/aromatic N) is 3. The monoisotopic (exact) mass is 376 g/mol. The molecule has 4 rings (SSSR count). The highest BCUT2D eigenvalue weighted by Gasteiger charge is 2.16. The lowest BCUT2D eigenvalue weighted by atomic mass is 10.1. The van der Waals surface area contributed by atoms with Crippen LogP contribution in [0, 0.1) is 0 Å². The molecule has 0 bridgehead atoms. The van der Waals surface area contributed by atoms with Gasteiger partial charge in [0.2, 0.25) is 0 Å². The third-order valence-electron chi connectivity index (χ3n) is 4.74. The number of rotatable bonds is 5. The summed E-state index contributed by atoms with van der Waals surface area (Å²) >= 11 is 0. The highest BCUT2D eigenvalue weighted by Crippen LogP contribution is 2.23. The Morgan fingerprint density at radius 2 is 1.96 bits per heavy atom. The number of likely N-dealkylation sites (N-methyl/N-ethyl adjacent to an activating group) is 1. The van der Waals surface area contributed by atoms with Crippen molar-refractivity contribution < 1.29 is 9.53 Å². The Labute approximate surface area is 161 Å². The number of amides is 1. The number of aromatic amines is 1. The quantitative estimate of drug-likeness (QED) is 0.581. The first-order chi connectivity index (χ1) is 13.6. The first-order valence-electron chi connectivity index (χ1n) is 8.93. The fourth-order valence-electron chi connectivity index (χ4n) is 3.25. The Balaban J connectivity index is 1.86. The maximum absolute atomic E-state index is 12.6. The van der Waals surface area contributed by atoms with Crippen molar-refractivity contribution >= 4 is 22.5 Å². The van der Waals surface area contributed by atoms with Crippen LogP contribution in [-0.4, -0.2) is 52.5 Å². The number of ether oxygens (including phenoxy) is 1. The number of carbonyl (C=O) groups is 1. The zero-order chi connectivity index (χ0) is 19.7. The molecular weight excluding hydrogens is 356 g/mol. The minimum atomic E-state index is -0.250. The summed E-state index contributed by atoms with van der Waals surface area (Å²) in [5.41, 5.74) is 2.99. The van der Waals surface area contributed by atoms with Crippen LogP contribution in [0.2, 0.25) is 0 Å². The summed E-state index contributed by atoms with van der Waals surface area (Å²) in [5, 5.41) is 0. The van der Waals surface area contributed by atoms with Crippen molar-refractivity contribution in [2.24, 2.45) is 0 Å². The van der Waals surface area contributed by atoms with E-state index in [2.05, 4.69) is 9.97 Å². The van der Waals surface area contributed by atoms with Gasteiger partial charge >= 0.3 is 0 Å². The highest BCUT2D eigenvalue weighted by molar-refractivity contribution is 5.97. The molecular formula is C21H20N4O3.